The van der Waals surface area contributed by atoms with Crippen molar-refractivity contribution in [1.29, 1.82) is 0 Å². The van der Waals surface area contributed by atoms with Crippen LogP contribution in [0.25, 0.3) is 0 Å². The van der Waals surface area contributed by atoms with E-state index in [0.29, 0.717) is 16.8 Å². The van der Waals surface area contributed by atoms with Crippen LogP contribution >= 0.6 is 23.2 Å². The quantitative estimate of drug-likeness (QED) is 0.606. The van der Waals surface area contributed by atoms with Crippen molar-refractivity contribution in [1.82, 2.24) is 14.8 Å². The van der Waals surface area contributed by atoms with Gasteiger partial charge in [0.15, 0.2) is 0 Å². The molecule has 0 unspecified atom stereocenters. The summed E-state index contributed by atoms with van der Waals surface area (Å²) in [6.45, 7) is 4.75. The lowest BCUT2D eigenvalue weighted by atomic mass is 10.3. The number of rotatable bonds is 5. The second kappa shape index (κ2) is 10.0. The molecular weight excluding hydrogens is 442 g/mol. The Morgan fingerprint density at radius 1 is 1.07 bits per heavy atom. The first-order chi connectivity index (χ1) is 13.7. The van der Waals surface area contributed by atoms with E-state index in [1.165, 1.54) is 30.3 Å². The van der Waals surface area contributed by atoms with E-state index in [1.54, 1.807) is 12.1 Å². The zero-order valence-corrected chi connectivity index (χ0v) is 18.0. The Hall–Kier alpha value is -2.20. The van der Waals surface area contributed by atoms with Crippen molar-refractivity contribution in [3.05, 3.63) is 64.2 Å². The molecule has 11 heteroatoms. The zero-order chi connectivity index (χ0) is 21.6. The van der Waals surface area contributed by atoms with Crippen molar-refractivity contribution in [3.63, 3.8) is 0 Å². The number of hydrogen-bond acceptors (Lipinski definition) is 5. The number of nitrogens with zero attached hydrogens (tertiary/aromatic N) is 3. The first-order valence-electron chi connectivity index (χ1n) is 8.49. The molecular formula is C18H19Cl2FN4O3S. The van der Waals surface area contributed by atoms with E-state index in [4.69, 9.17) is 33.1 Å². The van der Waals surface area contributed by atoms with Crippen LogP contribution in [0.1, 0.15) is 19.7 Å². The van der Waals surface area contributed by atoms with Gasteiger partial charge in [-0.1, -0.05) is 35.2 Å². The second-order valence-corrected chi connectivity index (χ2v) is 8.05. The molecule has 0 aliphatic carbocycles. The summed E-state index contributed by atoms with van der Waals surface area (Å²) in [4.78, 5) is -0.0445. The predicted octanol–water partition coefficient (Wildman–Crippen LogP) is 4.43. The van der Waals surface area contributed by atoms with Gasteiger partial charge in [-0.05, 0) is 49.4 Å². The Kier molecular flexibility index (Phi) is 7.97. The van der Waals surface area contributed by atoms with Crippen molar-refractivity contribution in [2.75, 3.05) is 0 Å². The van der Waals surface area contributed by atoms with Crippen LogP contribution in [0.4, 0.5) is 4.39 Å². The summed E-state index contributed by atoms with van der Waals surface area (Å²) in [5, 5.41) is 13.3. The number of nitrogens with two attached hydrogens (primary N) is 1. The van der Waals surface area contributed by atoms with Gasteiger partial charge in [0.1, 0.15) is 17.4 Å². The minimum Gasteiger partial charge on any atom is -0.424 e. The standard InChI is InChI=1S/C12H14FN3O.C6H5Cl2NO2S/c1-3-11-14-15-12(16(11)4-2)17-10-7-5-9(13)6-8-10;7-5-2-1-4(3-6(5)8)12(9,10)11/h5-8H,3-4H2,1-2H3;1-3H,(H2,9,10,11). The van der Waals surface area contributed by atoms with Crippen molar-refractivity contribution in [2.24, 2.45) is 5.14 Å². The average molecular weight is 461 g/mol. The summed E-state index contributed by atoms with van der Waals surface area (Å²) >= 11 is 11.1. The zero-order valence-electron chi connectivity index (χ0n) is 15.6. The number of benzene rings is 2. The molecule has 2 N–H and O–H groups in total. The maximum absolute atomic E-state index is 12.7. The van der Waals surface area contributed by atoms with E-state index in [1.807, 2.05) is 18.4 Å². The molecule has 0 atom stereocenters. The molecule has 3 aromatic rings. The van der Waals surface area contributed by atoms with E-state index in [9.17, 15) is 12.8 Å². The summed E-state index contributed by atoms with van der Waals surface area (Å²) in [5.41, 5.74) is 0. The van der Waals surface area contributed by atoms with Crippen LogP contribution in [0.3, 0.4) is 0 Å². The van der Waals surface area contributed by atoms with Crippen LogP contribution < -0.4 is 9.88 Å². The molecule has 0 aliphatic rings. The molecule has 0 bridgehead atoms. The molecule has 2 aromatic carbocycles. The van der Waals surface area contributed by atoms with Gasteiger partial charge >= 0.3 is 6.01 Å². The molecule has 1 heterocycles. The molecule has 156 valence electrons. The Labute approximate surface area is 178 Å². The summed E-state index contributed by atoms with van der Waals surface area (Å²) in [6.07, 6.45) is 0.799. The van der Waals surface area contributed by atoms with Crippen LogP contribution in [-0.4, -0.2) is 23.2 Å². The van der Waals surface area contributed by atoms with Gasteiger partial charge in [0.2, 0.25) is 10.0 Å². The topological polar surface area (TPSA) is 100 Å². The number of aryl methyl sites for hydroxylation is 1. The Bertz CT molecular complexity index is 1070. The highest BCUT2D eigenvalue weighted by Gasteiger charge is 2.11. The summed E-state index contributed by atoms with van der Waals surface area (Å²) in [6, 6.07) is 10.2. The molecule has 3 rings (SSSR count). The fourth-order valence-corrected chi connectivity index (χ4v) is 3.14. The van der Waals surface area contributed by atoms with Crippen LogP contribution in [-0.2, 0) is 23.0 Å². The number of sulfonamides is 1. The highest BCUT2D eigenvalue weighted by atomic mass is 35.5. The summed E-state index contributed by atoms with van der Waals surface area (Å²) < 4.78 is 41.7. The van der Waals surface area contributed by atoms with E-state index >= 15 is 0 Å². The maximum atomic E-state index is 12.7. The van der Waals surface area contributed by atoms with Gasteiger partial charge in [-0.3, -0.25) is 4.57 Å². The Morgan fingerprint density at radius 3 is 2.24 bits per heavy atom. The minimum atomic E-state index is -3.69. The highest BCUT2D eigenvalue weighted by molar-refractivity contribution is 7.89. The van der Waals surface area contributed by atoms with Crippen LogP contribution in [0.2, 0.25) is 10.0 Å². The molecule has 1 aromatic heterocycles. The lowest BCUT2D eigenvalue weighted by Gasteiger charge is -2.07. The number of halogens is 3. The monoisotopic (exact) mass is 460 g/mol. The number of ether oxygens (including phenoxy) is 1. The summed E-state index contributed by atoms with van der Waals surface area (Å²) in [5.74, 6) is 1.14. The number of hydrogen-bond donors (Lipinski definition) is 1. The number of aromatic nitrogens is 3. The second-order valence-electron chi connectivity index (χ2n) is 5.67. The normalized spacial score (nSPS) is 11.0. The third-order valence-electron chi connectivity index (χ3n) is 3.67. The molecule has 0 saturated carbocycles. The molecule has 7 nitrogen and oxygen atoms in total. The third kappa shape index (κ3) is 6.40. The summed E-state index contributed by atoms with van der Waals surface area (Å²) in [7, 11) is -3.69. The Morgan fingerprint density at radius 2 is 1.72 bits per heavy atom. The number of primary sulfonamides is 1. The Balaban J connectivity index is 0.000000221. The fraction of sp³-hybridized carbons (Fsp3) is 0.222. The minimum absolute atomic E-state index is 0.0445. The highest BCUT2D eigenvalue weighted by Crippen LogP contribution is 2.24. The van der Waals surface area contributed by atoms with E-state index in [-0.39, 0.29) is 15.7 Å². The molecule has 0 spiro atoms. The lowest BCUT2D eigenvalue weighted by molar-refractivity contribution is 0.410. The SMILES string of the molecule is CCc1nnc(Oc2ccc(F)cc2)n1CC.NS(=O)(=O)c1ccc(Cl)c(Cl)c1. The lowest BCUT2D eigenvalue weighted by Crippen LogP contribution is -2.11. The molecule has 0 amide bonds. The van der Waals surface area contributed by atoms with E-state index in [2.05, 4.69) is 10.2 Å². The fourth-order valence-electron chi connectivity index (χ4n) is 2.24. The first-order valence-corrected chi connectivity index (χ1v) is 10.8. The predicted molar refractivity (Wildman–Crippen MR) is 109 cm³/mol. The van der Waals surface area contributed by atoms with Crippen molar-refractivity contribution < 1.29 is 17.5 Å². The van der Waals surface area contributed by atoms with E-state index in [0.717, 1.165) is 18.8 Å². The molecule has 0 saturated heterocycles. The van der Waals surface area contributed by atoms with Gasteiger partial charge in [0.05, 0.1) is 14.9 Å². The largest absolute Gasteiger partial charge is 0.424 e. The van der Waals surface area contributed by atoms with Crippen LogP contribution in [0, 0.1) is 5.82 Å². The van der Waals surface area contributed by atoms with Gasteiger partial charge in [0.25, 0.3) is 0 Å². The van der Waals surface area contributed by atoms with E-state index < -0.39 is 10.0 Å². The van der Waals surface area contributed by atoms with Crippen molar-refractivity contribution in [3.8, 4) is 11.8 Å². The molecule has 0 radical (unpaired) electrons. The first kappa shape index (κ1) is 23.1. The molecule has 29 heavy (non-hydrogen) atoms. The van der Waals surface area contributed by atoms with Gasteiger partial charge in [0, 0.05) is 13.0 Å². The maximum Gasteiger partial charge on any atom is 0.322 e. The van der Waals surface area contributed by atoms with Crippen molar-refractivity contribution in [2.45, 2.75) is 31.7 Å². The van der Waals surface area contributed by atoms with Gasteiger partial charge < -0.3 is 4.74 Å². The van der Waals surface area contributed by atoms with Gasteiger partial charge in [-0.15, -0.1) is 5.10 Å². The molecule has 0 fully saturated rings. The average Bonchev–Trinajstić information content (AvgIpc) is 3.07. The van der Waals surface area contributed by atoms with Crippen LogP contribution in [0.15, 0.2) is 47.4 Å². The smallest absolute Gasteiger partial charge is 0.322 e. The third-order valence-corrected chi connectivity index (χ3v) is 5.32. The van der Waals surface area contributed by atoms with Crippen molar-refractivity contribution >= 4 is 33.2 Å². The van der Waals surface area contributed by atoms with Crippen LogP contribution in [0.5, 0.6) is 11.8 Å². The van der Waals surface area contributed by atoms with Gasteiger partial charge in [-0.25, -0.2) is 17.9 Å². The molecule has 0 aliphatic heterocycles. The van der Waals surface area contributed by atoms with Gasteiger partial charge in [-0.2, -0.15) is 0 Å².